The number of hydrogen-bond donors (Lipinski definition) is 1. The van der Waals surface area contributed by atoms with Crippen LogP contribution in [0, 0.1) is 0 Å². The van der Waals surface area contributed by atoms with Crippen LogP contribution in [0.2, 0.25) is 0 Å². The van der Waals surface area contributed by atoms with Crippen LogP contribution >= 0.6 is 11.8 Å². The fourth-order valence-corrected chi connectivity index (χ4v) is 4.78. The van der Waals surface area contributed by atoms with Crippen LogP contribution < -0.4 is 5.32 Å². The Morgan fingerprint density at radius 2 is 2.00 bits per heavy atom. The third-order valence-corrected chi connectivity index (χ3v) is 6.25. The van der Waals surface area contributed by atoms with Gasteiger partial charge in [0, 0.05) is 18.8 Å². The minimum Gasteiger partial charge on any atom is -0.314 e. The summed E-state index contributed by atoms with van der Waals surface area (Å²) in [6, 6.07) is 8.65. The fourth-order valence-electron chi connectivity index (χ4n) is 1.50. The zero-order chi connectivity index (χ0) is 10.7. The summed E-state index contributed by atoms with van der Waals surface area (Å²) in [6.45, 7) is 1.44. The van der Waals surface area contributed by atoms with Crippen LogP contribution in [0.4, 0.5) is 0 Å². The van der Waals surface area contributed by atoms with E-state index in [1.165, 1.54) is 11.8 Å². The Balaban J connectivity index is 2.26. The smallest absolute Gasteiger partial charge is 0.191 e. The molecule has 1 atom stereocenters. The van der Waals surface area contributed by atoms with Gasteiger partial charge < -0.3 is 5.32 Å². The van der Waals surface area contributed by atoms with E-state index in [1.807, 2.05) is 6.07 Å². The highest BCUT2D eigenvalue weighted by Crippen LogP contribution is 2.25. The van der Waals surface area contributed by atoms with Gasteiger partial charge >= 0.3 is 0 Å². The summed E-state index contributed by atoms with van der Waals surface area (Å²) < 4.78 is 23.9. The van der Waals surface area contributed by atoms with E-state index < -0.39 is 9.84 Å². The molecule has 0 radical (unpaired) electrons. The van der Waals surface area contributed by atoms with Crippen molar-refractivity contribution in [3.05, 3.63) is 30.3 Å². The Morgan fingerprint density at radius 1 is 1.27 bits per heavy atom. The van der Waals surface area contributed by atoms with E-state index in [1.54, 1.807) is 24.3 Å². The molecule has 3 nitrogen and oxygen atoms in total. The van der Waals surface area contributed by atoms with E-state index in [9.17, 15) is 8.42 Å². The predicted octanol–water partition coefficient (Wildman–Crippen LogP) is 1.12. The van der Waals surface area contributed by atoms with Gasteiger partial charge in [0.1, 0.15) is 4.58 Å². The van der Waals surface area contributed by atoms with E-state index in [2.05, 4.69) is 5.32 Å². The first-order valence-corrected chi connectivity index (χ1v) is 7.42. The molecule has 1 aliphatic heterocycles. The van der Waals surface area contributed by atoms with E-state index in [4.69, 9.17) is 0 Å². The maximum atomic E-state index is 12.1. The van der Waals surface area contributed by atoms with E-state index in [0.717, 1.165) is 12.3 Å². The van der Waals surface area contributed by atoms with E-state index in [0.29, 0.717) is 11.4 Å². The largest absolute Gasteiger partial charge is 0.314 e. The Labute approximate surface area is 94.2 Å². The molecule has 0 bridgehead atoms. The average molecular weight is 243 g/mol. The van der Waals surface area contributed by atoms with Crippen molar-refractivity contribution in [2.75, 3.05) is 18.8 Å². The van der Waals surface area contributed by atoms with Gasteiger partial charge in [0.05, 0.1) is 4.90 Å². The topological polar surface area (TPSA) is 46.2 Å². The number of nitrogens with one attached hydrogen (secondary N) is 1. The van der Waals surface area contributed by atoms with Gasteiger partial charge in [-0.3, -0.25) is 0 Å². The predicted molar refractivity (Wildman–Crippen MR) is 62.7 cm³/mol. The molecule has 0 spiro atoms. The first-order chi connectivity index (χ1) is 7.21. The highest BCUT2D eigenvalue weighted by Gasteiger charge is 2.29. The van der Waals surface area contributed by atoms with Gasteiger partial charge in [-0.1, -0.05) is 18.2 Å². The molecule has 0 aliphatic carbocycles. The highest BCUT2D eigenvalue weighted by molar-refractivity contribution is 8.13. The lowest BCUT2D eigenvalue weighted by atomic mass is 10.4. The Hall–Kier alpha value is -0.520. The van der Waals surface area contributed by atoms with Gasteiger partial charge in [-0.2, -0.15) is 0 Å². The highest BCUT2D eigenvalue weighted by atomic mass is 32.3. The minimum absolute atomic E-state index is 0.339. The number of hydrogen-bond acceptors (Lipinski definition) is 4. The van der Waals surface area contributed by atoms with Gasteiger partial charge in [-0.15, -0.1) is 11.8 Å². The summed E-state index contributed by atoms with van der Waals surface area (Å²) in [5, 5.41) is 3.11. The molecule has 15 heavy (non-hydrogen) atoms. The molecule has 2 rings (SSSR count). The van der Waals surface area contributed by atoms with Crippen molar-refractivity contribution in [3.63, 3.8) is 0 Å². The van der Waals surface area contributed by atoms with Crippen molar-refractivity contribution in [3.8, 4) is 0 Å². The van der Waals surface area contributed by atoms with Crippen molar-refractivity contribution in [1.82, 2.24) is 5.32 Å². The maximum Gasteiger partial charge on any atom is 0.191 e. The fraction of sp³-hybridized carbons (Fsp3) is 0.400. The molecule has 1 unspecified atom stereocenters. The molecule has 1 N–H and O–H groups in total. The molecule has 1 heterocycles. The van der Waals surface area contributed by atoms with Crippen molar-refractivity contribution in [2.45, 2.75) is 9.48 Å². The molecule has 1 aliphatic rings. The van der Waals surface area contributed by atoms with Crippen LogP contribution in [-0.4, -0.2) is 31.8 Å². The quantitative estimate of drug-likeness (QED) is 0.845. The van der Waals surface area contributed by atoms with Crippen molar-refractivity contribution < 1.29 is 8.42 Å². The number of benzene rings is 1. The third-order valence-electron chi connectivity index (χ3n) is 2.31. The molecule has 0 saturated carbocycles. The van der Waals surface area contributed by atoms with Crippen molar-refractivity contribution >= 4 is 21.6 Å². The minimum atomic E-state index is -3.16. The van der Waals surface area contributed by atoms with Crippen LogP contribution in [0.1, 0.15) is 0 Å². The zero-order valence-corrected chi connectivity index (χ0v) is 9.85. The average Bonchev–Trinajstić information content (AvgIpc) is 2.31. The zero-order valence-electron chi connectivity index (χ0n) is 8.22. The van der Waals surface area contributed by atoms with Gasteiger partial charge in [0.25, 0.3) is 0 Å². The normalized spacial score (nSPS) is 22.5. The first-order valence-electron chi connectivity index (χ1n) is 4.82. The second-order valence-electron chi connectivity index (χ2n) is 3.36. The Morgan fingerprint density at radius 3 is 2.60 bits per heavy atom. The van der Waals surface area contributed by atoms with Crippen molar-refractivity contribution in [2.24, 2.45) is 0 Å². The lowest BCUT2D eigenvalue weighted by Crippen LogP contribution is -2.37. The van der Waals surface area contributed by atoms with E-state index >= 15 is 0 Å². The maximum absolute atomic E-state index is 12.1. The molecular weight excluding hydrogens is 230 g/mol. The third kappa shape index (κ3) is 2.35. The molecule has 1 aromatic rings. The van der Waals surface area contributed by atoms with E-state index in [-0.39, 0.29) is 4.58 Å². The Kier molecular flexibility index (Phi) is 3.33. The molecule has 1 fully saturated rings. The van der Waals surface area contributed by atoms with Gasteiger partial charge in [-0.05, 0) is 12.1 Å². The standard InChI is InChI=1S/C10H13NO2S2/c12-15(13,9-4-2-1-3-5-9)10-8-11-6-7-14-10/h1-5,10-11H,6-8H2. The van der Waals surface area contributed by atoms with Crippen LogP contribution in [0.5, 0.6) is 0 Å². The van der Waals surface area contributed by atoms with Crippen LogP contribution in [-0.2, 0) is 9.84 Å². The summed E-state index contributed by atoms with van der Waals surface area (Å²) in [4.78, 5) is 0.422. The molecule has 0 aromatic heterocycles. The molecule has 1 saturated heterocycles. The molecule has 0 amide bonds. The number of rotatable bonds is 2. The van der Waals surface area contributed by atoms with Gasteiger partial charge in [0.15, 0.2) is 9.84 Å². The summed E-state index contributed by atoms with van der Waals surface area (Å²) in [7, 11) is -3.16. The number of sulfone groups is 1. The van der Waals surface area contributed by atoms with Gasteiger partial charge in [0.2, 0.25) is 0 Å². The van der Waals surface area contributed by atoms with Gasteiger partial charge in [-0.25, -0.2) is 8.42 Å². The summed E-state index contributed by atoms with van der Waals surface area (Å²) in [5.74, 6) is 0.858. The molecular formula is C10H13NO2S2. The lowest BCUT2D eigenvalue weighted by molar-refractivity contribution is 0.586. The molecule has 1 aromatic carbocycles. The summed E-state index contributed by atoms with van der Waals surface area (Å²) in [6.07, 6.45) is 0. The lowest BCUT2D eigenvalue weighted by Gasteiger charge is -2.22. The van der Waals surface area contributed by atoms with Crippen molar-refractivity contribution in [1.29, 1.82) is 0 Å². The second-order valence-corrected chi connectivity index (χ2v) is 7.10. The monoisotopic (exact) mass is 243 g/mol. The summed E-state index contributed by atoms with van der Waals surface area (Å²) in [5.41, 5.74) is 0. The second kappa shape index (κ2) is 4.55. The SMILES string of the molecule is O=S(=O)(c1ccccc1)C1CNCCS1. The van der Waals surface area contributed by atoms with Crippen LogP contribution in [0.25, 0.3) is 0 Å². The summed E-state index contributed by atoms with van der Waals surface area (Å²) >= 11 is 1.51. The Bertz CT molecular complexity index is 410. The first kappa shape index (κ1) is 11.0. The molecule has 82 valence electrons. The number of thioether (sulfide) groups is 1. The van der Waals surface area contributed by atoms with Crippen LogP contribution in [0.3, 0.4) is 0 Å². The van der Waals surface area contributed by atoms with Crippen LogP contribution in [0.15, 0.2) is 35.2 Å². The molecule has 5 heteroatoms.